The van der Waals surface area contributed by atoms with E-state index in [2.05, 4.69) is 80.6 Å². The van der Waals surface area contributed by atoms with Gasteiger partial charge in [-0.3, -0.25) is 4.98 Å². The molecule has 4 heterocycles. The molecule has 0 saturated carbocycles. The Balaban J connectivity index is 1.38. The van der Waals surface area contributed by atoms with Crippen LogP contribution in [0.2, 0.25) is 0 Å². The molecule has 36 heavy (non-hydrogen) atoms. The number of aromatic nitrogens is 2. The van der Waals surface area contributed by atoms with Crippen LogP contribution in [0.4, 0.5) is 5.69 Å². The summed E-state index contributed by atoms with van der Waals surface area (Å²) >= 11 is 5.91. The monoisotopic (exact) mass is 490 g/mol. The summed E-state index contributed by atoms with van der Waals surface area (Å²) in [6, 6.07) is 30.9. The number of hydrogen-bond donors (Lipinski definition) is 1. The number of nitrogens with one attached hydrogen (secondary N) is 1. The molecule has 6 nitrogen and oxygen atoms in total. The summed E-state index contributed by atoms with van der Waals surface area (Å²) in [6.07, 6.45) is 3.93. The Labute approximate surface area is 213 Å². The van der Waals surface area contributed by atoms with E-state index < -0.39 is 0 Å². The largest absolute Gasteiger partial charge is 0.454 e. The van der Waals surface area contributed by atoms with E-state index in [-0.39, 0.29) is 18.9 Å². The highest BCUT2D eigenvalue weighted by molar-refractivity contribution is 7.80. The van der Waals surface area contributed by atoms with Gasteiger partial charge in [-0.1, -0.05) is 36.4 Å². The molecule has 1 saturated heterocycles. The van der Waals surface area contributed by atoms with E-state index in [0.717, 1.165) is 34.3 Å². The van der Waals surface area contributed by atoms with Crippen LogP contribution in [0.25, 0.3) is 16.5 Å². The lowest BCUT2D eigenvalue weighted by atomic mass is 10.0. The van der Waals surface area contributed by atoms with Crippen molar-refractivity contribution in [1.82, 2.24) is 14.9 Å². The molecule has 7 rings (SSSR count). The minimum absolute atomic E-state index is 0.141. The lowest BCUT2D eigenvalue weighted by Crippen LogP contribution is -2.30. The molecule has 5 aromatic rings. The zero-order valence-electron chi connectivity index (χ0n) is 19.2. The maximum atomic E-state index is 5.91. The molecule has 176 valence electrons. The quantitative estimate of drug-likeness (QED) is 0.315. The molecule has 2 aromatic heterocycles. The average molecular weight is 491 g/mol. The topological polar surface area (TPSA) is 51.6 Å². The molecule has 2 aliphatic rings. The van der Waals surface area contributed by atoms with Gasteiger partial charge in [-0.2, -0.15) is 0 Å². The van der Waals surface area contributed by atoms with Gasteiger partial charge in [-0.05, 0) is 71.5 Å². The molecule has 1 N–H and O–H groups in total. The van der Waals surface area contributed by atoms with Gasteiger partial charge in [-0.15, -0.1) is 0 Å². The van der Waals surface area contributed by atoms with Crippen molar-refractivity contribution in [1.29, 1.82) is 0 Å². The van der Waals surface area contributed by atoms with Gasteiger partial charge < -0.3 is 24.3 Å². The van der Waals surface area contributed by atoms with Gasteiger partial charge in [0.15, 0.2) is 16.6 Å². The standard InChI is InChI=1S/C29H22N4O2S/c36-29-31-27(23-8-3-4-14-30-23)28(33(29)22-12-13-25-26(17-22)35-18-34-25)24-9-5-15-32(24)21-11-10-19-6-1-2-7-20(19)16-21/h1-17,27-28H,18H2,(H,31,36)/t27-,28+/m0/s1. The summed E-state index contributed by atoms with van der Waals surface area (Å²) in [4.78, 5) is 6.84. The summed E-state index contributed by atoms with van der Waals surface area (Å²) < 4.78 is 13.5. The molecular weight excluding hydrogens is 468 g/mol. The van der Waals surface area contributed by atoms with E-state index in [1.165, 1.54) is 10.8 Å². The first-order valence-electron chi connectivity index (χ1n) is 11.8. The number of nitrogens with zero attached hydrogens (tertiary/aromatic N) is 3. The van der Waals surface area contributed by atoms with Crippen molar-refractivity contribution in [3.63, 3.8) is 0 Å². The Morgan fingerprint density at radius 2 is 1.64 bits per heavy atom. The molecule has 7 heteroatoms. The summed E-state index contributed by atoms with van der Waals surface area (Å²) in [5.41, 5.74) is 4.06. The van der Waals surface area contributed by atoms with Gasteiger partial charge in [0.1, 0.15) is 6.04 Å². The Morgan fingerprint density at radius 1 is 0.806 bits per heavy atom. The molecule has 2 aliphatic heterocycles. The van der Waals surface area contributed by atoms with E-state index >= 15 is 0 Å². The van der Waals surface area contributed by atoms with E-state index in [9.17, 15) is 0 Å². The fourth-order valence-corrected chi connectivity index (χ4v) is 5.51. The molecule has 0 aliphatic carbocycles. The number of fused-ring (bicyclic) bond motifs is 2. The number of ether oxygens (including phenoxy) is 2. The van der Waals surface area contributed by atoms with E-state index in [1.54, 1.807) is 0 Å². The van der Waals surface area contributed by atoms with Crippen molar-refractivity contribution in [3.05, 3.63) is 115 Å². The lowest BCUT2D eigenvalue weighted by Gasteiger charge is -2.29. The zero-order valence-corrected chi connectivity index (χ0v) is 20.1. The van der Waals surface area contributed by atoms with Gasteiger partial charge in [-0.25, -0.2) is 0 Å². The second-order valence-corrected chi connectivity index (χ2v) is 9.26. The number of benzene rings is 3. The number of hydrogen-bond acceptors (Lipinski definition) is 4. The third-order valence-corrected chi connectivity index (χ3v) is 7.14. The van der Waals surface area contributed by atoms with Gasteiger partial charge in [0, 0.05) is 35.5 Å². The van der Waals surface area contributed by atoms with Crippen molar-refractivity contribution < 1.29 is 9.47 Å². The predicted octanol–water partition coefficient (Wildman–Crippen LogP) is 5.93. The fraction of sp³-hybridized carbons (Fsp3) is 0.103. The zero-order chi connectivity index (χ0) is 24.1. The summed E-state index contributed by atoms with van der Waals surface area (Å²) in [7, 11) is 0. The third kappa shape index (κ3) is 3.39. The van der Waals surface area contributed by atoms with Gasteiger partial charge in [0.25, 0.3) is 0 Å². The molecular formula is C29H22N4O2S. The van der Waals surface area contributed by atoms with Crippen LogP contribution in [0.3, 0.4) is 0 Å². The van der Waals surface area contributed by atoms with Crippen LogP contribution in [0.15, 0.2) is 103 Å². The van der Waals surface area contributed by atoms with Crippen LogP contribution in [-0.4, -0.2) is 21.5 Å². The maximum Gasteiger partial charge on any atom is 0.231 e. The average Bonchev–Trinajstić information content (AvgIpc) is 3.66. The summed E-state index contributed by atoms with van der Waals surface area (Å²) in [5.74, 6) is 1.47. The van der Waals surface area contributed by atoms with E-state index in [4.69, 9.17) is 21.7 Å². The highest BCUT2D eigenvalue weighted by Gasteiger charge is 2.42. The van der Waals surface area contributed by atoms with E-state index in [0.29, 0.717) is 5.11 Å². The lowest BCUT2D eigenvalue weighted by molar-refractivity contribution is 0.174. The number of rotatable bonds is 4. The van der Waals surface area contributed by atoms with Crippen LogP contribution < -0.4 is 19.7 Å². The Hall–Kier alpha value is -4.36. The fourth-order valence-electron chi connectivity index (χ4n) is 5.17. The third-order valence-electron chi connectivity index (χ3n) is 6.83. The normalized spacial score (nSPS) is 18.6. The van der Waals surface area contributed by atoms with Crippen LogP contribution >= 0.6 is 12.2 Å². The first-order valence-corrected chi connectivity index (χ1v) is 12.2. The van der Waals surface area contributed by atoms with Crippen LogP contribution in [0, 0.1) is 0 Å². The molecule has 1 fully saturated rings. The van der Waals surface area contributed by atoms with Crippen molar-refractivity contribution in [2.45, 2.75) is 12.1 Å². The van der Waals surface area contributed by atoms with Crippen molar-refractivity contribution >= 4 is 33.8 Å². The number of thiocarbonyl (C=S) groups is 1. The van der Waals surface area contributed by atoms with Crippen LogP contribution in [0.1, 0.15) is 23.5 Å². The first-order chi connectivity index (χ1) is 17.8. The number of anilines is 1. The predicted molar refractivity (Wildman–Crippen MR) is 144 cm³/mol. The van der Waals surface area contributed by atoms with Crippen molar-refractivity contribution in [3.8, 4) is 17.2 Å². The minimum Gasteiger partial charge on any atom is -0.454 e. The summed E-state index contributed by atoms with van der Waals surface area (Å²) in [6.45, 7) is 0.228. The number of pyridine rings is 1. The Kier molecular flexibility index (Phi) is 4.89. The minimum atomic E-state index is -0.144. The highest BCUT2D eigenvalue weighted by atomic mass is 32.1. The van der Waals surface area contributed by atoms with Crippen molar-refractivity contribution in [2.24, 2.45) is 0 Å². The molecule has 2 atom stereocenters. The van der Waals surface area contributed by atoms with Gasteiger partial charge >= 0.3 is 0 Å². The Morgan fingerprint density at radius 3 is 2.53 bits per heavy atom. The SMILES string of the molecule is S=C1N[C@@H](c2ccccn2)[C@@H](c2cccn2-c2ccc3ccccc3c2)N1c1ccc2c(c1)OCO2. The van der Waals surface area contributed by atoms with Crippen LogP contribution in [0.5, 0.6) is 11.5 Å². The molecule has 0 spiro atoms. The molecule has 0 amide bonds. The van der Waals surface area contributed by atoms with Crippen LogP contribution in [-0.2, 0) is 0 Å². The molecule has 0 radical (unpaired) electrons. The second-order valence-electron chi connectivity index (χ2n) is 8.87. The van der Waals surface area contributed by atoms with E-state index in [1.807, 2.05) is 42.6 Å². The molecule has 3 aromatic carbocycles. The maximum absolute atomic E-state index is 5.91. The smallest absolute Gasteiger partial charge is 0.231 e. The van der Waals surface area contributed by atoms with Crippen molar-refractivity contribution in [2.75, 3.05) is 11.7 Å². The first kappa shape index (κ1) is 21.0. The molecule has 0 bridgehead atoms. The van der Waals surface area contributed by atoms with Gasteiger partial charge in [0.2, 0.25) is 6.79 Å². The summed E-state index contributed by atoms with van der Waals surface area (Å²) in [5, 5.41) is 6.59. The molecule has 0 unspecified atom stereocenters. The Bertz CT molecular complexity index is 1600. The highest BCUT2D eigenvalue weighted by Crippen LogP contribution is 2.45. The second kappa shape index (κ2) is 8.39. The van der Waals surface area contributed by atoms with Gasteiger partial charge in [0.05, 0.1) is 11.7 Å².